The average molecular weight is 454 g/mol. The van der Waals surface area contributed by atoms with Crippen LogP contribution in [-0.2, 0) is 4.79 Å². The van der Waals surface area contributed by atoms with Crippen LogP contribution in [0.15, 0.2) is 53.2 Å². The highest BCUT2D eigenvalue weighted by atomic mass is 19.1. The second kappa shape index (κ2) is 12.6. The van der Waals surface area contributed by atoms with Crippen molar-refractivity contribution in [3.8, 4) is 0 Å². The number of aliphatic imine (C=N–C) groups is 1. The van der Waals surface area contributed by atoms with Crippen LogP contribution in [0.2, 0.25) is 0 Å². The number of hydrogen-bond acceptors (Lipinski definition) is 4. The van der Waals surface area contributed by atoms with E-state index in [2.05, 4.69) is 62.9 Å². The van der Waals surface area contributed by atoms with Crippen molar-refractivity contribution in [1.29, 1.82) is 0 Å². The van der Waals surface area contributed by atoms with Crippen LogP contribution in [0.25, 0.3) is 5.70 Å². The number of carbonyl (C=O) groups excluding carboxylic acids is 1. The number of rotatable bonds is 9. The van der Waals surface area contributed by atoms with Crippen molar-refractivity contribution in [2.24, 2.45) is 10.9 Å². The van der Waals surface area contributed by atoms with Crippen molar-refractivity contribution in [1.82, 2.24) is 9.80 Å². The molecule has 1 heterocycles. The lowest BCUT2D eigenvalue weighted by Crippen LogP contribution is -2.41. The molecule has 2 rings (SSSR count). The van der Waals surface area contributed by atoms with Crippen molar-refractivity contribution >= 4 is 17.2 Å². The van der Waals surface area contributed by atoms with Gasteiger partial charge in [-0.15, -0.1) is 0 Å². The van der Waals surface area contributed by atoms with Crippen molar-refractivity contribution in [2.75, 3.05) is 27.2 Å². The molecule has 0 bridgehead atoms. The van der Waals surface area contributed by atoms with Crippen LogP contribution >= 0.6 is 0 Å². The monoisotopic (exact) mass is 453 g/mol. The quantitative estimate of drug-likeness (QED) is 0.260. The summed E-state index contributed by atoms with van der Waals surface area (Å²) in [5.74, 6) is -0.209. The number of allylic oxidation sites excluding steroid dienone is 4. The van der Waals surface area contributed by atoms with E-state index in [4.69, 9.17) is 4.99 Å². The fraction of sp³-hybridized carbons (Fsp3) is 0.500. The number of hydrogen-bond donors (Lipinski definition) is 0. The van der Waals surface area contributed by atoms with Gasteiger partial charge in [-0.25, -0.2) is 4.39 Å². The van der Waals surface area contributed by atoms with Gasteiger partial charge in [-0.3, -0.25) is 9.79 Å². The third-order valence-corrected chi connectivity index (χ3v) is 6.45. The highest BCUT2D eigenvalue weighted by Gasteiger charge is 2.21. The molecule has 4 nitrogen and oxygen atoms in total. The zero-order chi connectivity index (χ0) is 24.5. The number of ketones is 1. The van der Waals surface area contributed by atoms with Crippen LogP contribution in [-0.4, -0.2) is 54.5 Å². The summed E-state index contributed by atoms with van der Waals surface area (Å²) in [6.45, 7) is 11.6. The van der Waals surface area contributed by atoms with Gasteiger partial charge in [-0.2, -0.15) is 0 Å². The maximum absolute atomic E-state index is 14.2. The van der Waals surface area contributed by atoms with Gasteiger partial charge in [0.25, 0.3) is 0 Å². The molecule has 1 saturated heterocycles. The molecule has 0 spiro atoms. The van der Waals surface area contributed by atoms with E-state index < -0.39 is 0 Å². The fourth-order valence-electron chi connectivity index (χ4n) is 3.98. The van der Waals surface area contributed by atoms with E-state index in [9.17, 15) is 9.18 Å². The molecule has 1 fully saturated rings. The minimum atomic E-state index is -0.296. The summed E-state index contributed by atoms with van der Waals surface area (Å²) in [5, 5.41) is 0. The van der Waals surface area contributed by atoms with Crippen molar-refractivity contribution in [3.63, 3.8) is 0 Å². The topological polar surface area (TPSA) is 35.9 Å². The van der Waals surface area contributed by atoms with Gasteiger partial charge in [0.05, 0.1) is 5.70 Å². The Morgan fingerprint density at radius 2 is 1.94 bits per heavy atom. The van der Waals surface area contributed by atoms with Gasteiger partial charge in [-0.05, 0) is 83.8 Å². The second-order valence-electron chi connectivity index (χ2n) is 9.18. The van der Waals surface area contributed by atoms with E-state index >= 15 is 0 Å². The molecule has 0 aliphatic carbocycles. The van der Waals surface area contributed by atoms with E-state index in [1.165, 1.54) is 24.8 Å². The first-order chi connectivity index (χ1) is 15.7. The minimum absolute atomic E-state index is 0.111. The summed E-state index contributed by atoms with van der Waals surface area (Å²) in [4.78, 5) is 21.5. The Kier molecular flexibility index (Phi) is 10.2. The lowest BCUT2D eigenvalue weighted by Gasteiger charge is -2.37. The highest BCUT2D eigenvalue weighted by Crippen LogP contribution is 2.23. The lowest BCUT2D eigenvalue weighted by atomic mass is 10.00. The van der Waals surface area contributed by atoms with Crippen molar-refractivity contribution in [2.45, 2.75) is 59.9 Å². The number of nitrogens with zero attached hydrogens (tertiary/aromatic N) is 3. The smallest absolute Gasteiger partial charge is 0.154 e. The molecule has 0 saturated carbocycles. The van der Waals surface area contributed by atoms with E-state index in [-0.39, 0.29) is 17.5 Å². The summed E-state index contributed by atoms with van der Waals surface area (Å²) in [6.07, 6.45) is 11.0. The Morgan fingerprint density at radius 1 is 1.27 bits per heavy atom. The molecule has 0 radical (unpaired) electrons. The molecule has 1 atom stereocenters. The molecule has 0 aromatic heterocycles. The van der Waals surface area contributed by atoms with Gasteiger partial charge in [0.1, 0.15) is 5.82 Å². The molecule has 1 unspecified atom stereocenters. The molecule has 5 heteroatoms. The number of halogens is 1. The SMILES string of the molecule is C\C=C(/C=C\C(=N\C(=C/C(C)=O)c1ccc(C)c(F)c1)C(C)CC)N1CCC(N(C)C)CC1. The predicted molar refractivity (Wildman–Crippen MR) is 138 cm³/mol. The van der Waals surface area contributed by atoms with Crippen LogP contribution in [0.4, 0.5) is 4.39 Å². The maximum Gasteiger partial charge on any atom is 0.154 e. The molecular weight excluding hydrogens is 413 g/mol. The third-order valence-electron chi connectivity index (χ3n) is 6.45. The van der Waals surface area contributed by atoms with Crippen LogP contribution < -0.4 is 0 Å². The number of benzene rings is 1. The zero-order valence-corrected chi connectivity index (χ0v) is 21.4. The van der Waals surface area contributed by atoms with Gasteiger partial charge < -0.3 is 9.80 Å². The normalized spacial score (nSPS) is 17.8. The molecule has 33 heavy (non-hydrogen) atoms. The number of piperidine rings is 1. The predicted octanol–water partition coefficient (Wildman–Crippen LogP) is 6.04. The van der Waals surface area contributed by atoms with E-state index in [1.54, 1.807) is 13.0 Å². The Balaban J connectivity index is 2.35. The summed E-state index contributed by atoms with van der Waals surface area (Å²) in [5.41, 5.74) is 3.74. The summed E-state index contributed by atoms with van der Waals surface area (Å²) < 4.78 is 14.2. The van der Waals surface area contributed by atoms with Gasteiger partial charge in [-0.1, -0.05) is 32.1 Å². The molecule has 1 aliphatic heterocycles. The van der Waals surface area contributed by atoms with Crippen LogP contribution in [0, 0.1) is 18.7 Å². The molecule has 1 aromatic carbocycles. The third kappa shape index (κ3) is 7.78. The molecule has 0 amide bonds. The number of likely N-dealkylation sites (tertiary alicyclic amines) is 1. The minimum Gasteiger partial charge on any atom is -0.372 e. The second-order valence-corrected chi connectivity index (χ2v) is 9.18. The first-order valence-corrected chi connectivity index (χ1v) is 12.0. The largest absolute Gasteiger partial charge is 0.372 e. The molecule has 0 N–H and O–H groups in total. The fourth-order valence-corrected chi connectivity index (χ4v) is 3.98. The van der Waals surface area contributed by atoms with Crippen molar-refractivity contribution in [3.05, 3.63) is 65.1 Å². The van der Waals surface area contributed by atoms with Gasteiger partial charge in [0, 0.05) is 42.2 Å². The first-order valence-electron chi connectivity index (χ1n) is 12.0. The Labute approximate surface area is 199 Å². The van der Waals surface area contributed by atoms with Crippen LogP contribution in [0.5, 0.6) is 0 Å². The summed E-state index contributed by atoms with van der Waals surface area (Å²) >= 11 is 0. The average Bonchev–Trinajstić information content (AvgIpc) is 2.79. The number of carbonyl (C=O) groups is 1. The van der Waals surface area contributed by atoms with Gasteiger partial charge >= 0.3 is 0 Å². The van der Waals surface area contributed by atoms with Crippen LogP contribution in [0.3, 0.4) is 0 Å². The number of aryl methyl sites for hydroxylation is 1. The van der Waals surface area contributed by atoms with Gasteiger partial charge in [0.2, 0.25) is 0 Å². The van der Waals surface area contributed by atoms with E-state index in [0.29, 0.717) is 22.9 Å². The Morgan fingerprint density at radius 3 is 2.45 bits per heavy atom. The standard InChI is InChI=1S/C28H40FN3O/c1-8-20(3)27(13-12-24(9-2)32-16-14-25(15-17-32)31(6)7)30-28(18-22(5)33)23-11-10-21(4)26(29)19-23/h9-13,18-20,25H,8,14-17H2,1-7H3/b13-12-,24-9+,28-18-,30-27-. The van der Waals surface area contributed by atoms with E-state index in [1.807, 2.05) is 6.07 Å². The van der Waals surface area contributed by atoms with Crippen LogP contribution in [0.1, 0.15) is 58.1 Å². The van der Waals surface area contributed by atoms with E-state index in [0.717, 1.165) is 38.1 Å². The van der Waals surface area contributed by atoms with Crippen molar-refractivity contribution < 1.29 is 9.18 Å². The zero-order valence-electron chi connectivity index (χ0n) is 21.4. The molecule has 180 valence electrons. The molecule has 1 aliphatic rings. The highest BCUT2D eigenvalue weighted by molar-refractivity contribution is 6.03. The maximum atomic E-state index is 14.2. The lowest BCUT2D eigenvalue weighted by molar-refractivity contribution is -0.112. The molecule has 1 aromatic rings. The Hall–Kier alpha value is -2.53. The summed E-state index contributed by atoms with van der Waals surface area (Å²) in [7, 11) is 4.30. The first kappa shape index (κ1) is 26.7. The Bertz CT molecular complexity index is 934. The molecular formula is C28H40FN3O. The van der Waals surface area contributed by atoms with Gasteiger partial charge in [0.15, 0.2) is 5.78 Å². The summed E-state index contributed by atoms with van der Waals surface area (Å²) in [6, 6.07) is 5.63.